The second-order valence-corrected chi connectivity index (χ2v) is 4.39. The minimum absolute atomic E-state index is 1.07. The molecule has 0 radical (unpaired) electrons. The summed E-state index contributed by atoms with van der Waals surface area (Å²) in [7, 11) is 2.15. The van der Waals surface area contributed by atoms with Gasteiger partial charge in [0.25, 0.3) is 0 Å². The van der Waals surface area contributed by atoms with Gasteiger partial charge in [0.2, 0.25) is 0 Å². The molecule has 0 amide bonds. The fourth-order valence-corrected chi connectivity index (χ4v) is 0.403. The van der Waals surface area contributed by atoms with E-state index >= 15 is 0 Å². The summed E-state index contributed by atoms with van der Waals surface area (Å²) >= 11 is -4.61. The van der Waals surface area contributed by atoms with E-state index in [1.165, 1.54) is 0 Å². The van der Waals surface area contributed by atoms with Crippen LogP contribution in [0.2, 0.25) is 0 Å². The van der Waals surface area contributed by atoms with Crippen molar-refractivity contribution >= 4 is 0 Å². The molecule has 0 rings (SSSR count). The van der Waals surface area contributed by atoms with Crippen LogP contribution >= 0.6 is 0 Å². The van der Waals surface area contributed by atoms with Gasteiger partial charge in [-0.2, -0.15) is 0 Å². The first-order chi connectivity index (χ1) is 3.12. The molecule has 0 heterocycles. The van der Waals surface area contributed by atoms with Crippen LogP contribution in [0.15, 0.2) is 0 Å². The second kappa shape index (κ2) is 2.50. The molecule has 0 aromatic rings. The number of rotatable bonds is 2. The van der Waals surface area contributed by atoms with Gasteiger partial charge in [-0.3, -0.25) is 0 Å². The van der Waals surface area contributed by atoms with Gasteiger partial charge in [-0.25, -0.2) is 0 Å². The summed E-state index contributed by atoms with van der Waals surface area (Å²) in [6.07, 6.45) is 0. The SMILES string of the molecule is C[O][Mo](=[O])(=[O])[O]C. The Hall–Kier alpha value is 0.208. The first-order valence-corrected chi connectivity index (χ1v) is 4.76. The van der Waals surface area contributed by atoms with Crippen LogP contribution in [0.4, 0.5) is 0 Å². The van der Waals surface area contributed by atoms with Crippen molar-refractivity contribution in [3.8, 4) is 0 Å². The molecule has 0 aliphatic heterocycles. The van der Waals surface area contributed by atoms with E-state index < -0.39 is 16.7 Å². The van der Waals surface area contributed by atoms with Crippen LogP contribution in [0.25, 0.3) is 0 Å². The molecule has 0 aromatic heterocycles. The van der Waals surface area contributed by atoms with E-state index in [1.807, 2.05) is 0 Å². The second-order valence-electron chi connectivity index (χ2n) is 0.742. The van der Waals surface area contributed by atoms with Crippen molar-refractivity contribution in [1.29, 1.82) is 0 Å². The van der Waals surface area contributed by atoms with Crippen molar-refractivity contribution in [3.63, 3.8) is 0 Å². The summed E-state index contributed by atoms with van der Waals surface area (Å²) in [5.41, 5.74) is 0. The Morgan fingerprint density at radius 1 is 1.14 bits per heavy atom. The van der Waals surface area contributed by atoms with Gasteiger partial charge in [-0.05, 0) is 0 Å². The molecule has 0 N–H and O–H groups in total. The predicted octanol–water partition coefficient (Wildman–Crippen LogP) is -0.0459. The van der Waals surface area contributed by atoms with Gasteiger partial charge in [0.15, 0.2) is 0 Å². The summed E-state index contributed by atoms with van der Waals surface area (Å²) in [6, 6.07) is 0. The Balaban J connectivity index is 3.89. The molecule has 0 unspecified atom stereocenters. The molecule has 0 aliphatic rings. The first kappa shape index (κ1) is 7.21. The third kappa shape index (κ3) is 2.85. The zero-order valence-electron chi connectivity index (χ0n) is 4.04. The van der Waals surface area contributed by atoms with Gasteiger partial charge < -0.3 is 0 Å². The Morgan fingerprint density at radius 3 is 1.43 bits per heavy atom. The minimum atomic E-state index is -4.61. The maximum absolute atomic E-state index is 10.0. The van der Waals surface area contributed by atoms with E-state index in [0.717, 1.165) is 14.2 Å². The van der Waals surface area contributed by atoms with Crippen molar-refractivity contribution in [3.05, 3.63) is 0 Å². The standard InChI is InChI=1S/2CH3O.Mo.2O/c2*1-2;;;/h2*1H3;;;/q2*-1;+2;;. The first-order valence-electron chi connectivity index (χ1n) is 1.48. The van der Waals surface area contributed by atoms with E-state index in [4.69, 9.17) is 0 Å². The number of hydrogen-bond acceptors (Lipinski definition) is 4. The van der Waals surface area contributed by atoms with Crippen LogP contribution in [-0.4, -0.2) is 14.2 Å². The molecule has 5 heteroatoms. The van der Waals surface area contributed by atoms with Crippen molar-refractivity contribution < 1.29 is 30.3 Å². The molecule has 0 bridgehead atoms. The van der Waals surface area contributed by atoms with Crippen molar-refractivity contribution in [2.75, 3.05) is 14.2 Å². The Bertz CT molecular complexity index is 113. The monoisotopic (exact) mass is 192 g/mol. The normalized spacial score (nSPS) is 11.7. The quantitative estimate of drug-likeness (QED) is 0.573. The summed E-state index contributed by atoms with van der Waals surface area (Å²) < 4.78 is 27.9. The average Bonchev–Trinajstić information content (AvgIpc) is 1.68. The van der Waals surface area contributed by atoms with Gasteiger partial charge in [-0.15, -0.1) is 0 Å². The Morgan fingerprint density at radius 2 is 1.43 bits per heavy atom. The summed E-state index contributed by atoms with van der Waals surface area (Å²) in [6.45, 7) is 0. The van der Waals surface area contributed by atoms with Gasteiger partial charge >= 0.3 is 44.5 Å². The van der Waals surface area contributed by atoms with Crippen LogP contribution in [0.1, 0.15) is 0 Å². The molecule has 0 aliphatic carbocycles. The summed E-state index contributed by atoms with van der Waals surface area (Å²) in [4.78, 5) is 0. The maximum atomic E-state index is 10.0. The van der Waals surface area contributed by atoms with Crippen LogP contribution in [0, 0.1) is 0 Å². The van der Waals surface area contributed by atoms with E-state index in [1.54, 1.807) is 0 Å². The molecule has 7 heavy (non-hydrogen) atoms. The zero-order chi connectivity index (χ0) is 5.91. The number of hydrogen-bond donors (Lipinski definition) is 0. The summed E-state index contributed by atoms with van der Waals surface area (Å²) in [5, 5.41) is 0. The summed E-state index contributed by atoms with van der Waals surface area (Å²) in [5.74, 6) is 0. The molecule has 0 atom stereocenters. The van der Waals surface area contributed by atoms with Crippen LogP contribution in [-0.2, 0) is 30.3 Å². The molecular weight excluding hydrogens is 184 g/mol. The van der Waals surface area contributed by atoms with E-state index in [-0.39, 0.29) is 0 Å². The zero-order valence-corrected chi connectivity index (χ0v) is 6.05. The van der Waals surface area contributed by atoms with Crippen LogP contribution in [0.3, 0.4) is 0 Å². The molecule has 4 nitrogen and oxygen atoms in total. The van der Waals surface area contributed by atoms with Gasteiger partial charge in [-0.1, -0.05) is 0 Å². The fraction of sp³-hybridized carbons (Fsp3) is 1.00. The van der Waals surface area contributed by atoms with Gasteiger partial charge in [0.1, 0.15) is 0 Å². The molecule has 0 saturated carbocycles. The van der Waals surface area contributed by atoms with E-state index in [9.17, 15) is 6.80 Å². The molecular formula is C2H6MoO4. The van der Waals surface area contributed by atoms with E-state index in [0.29, 0.717) is 0 Å². The Kier molecular flexibility index (Phi) is 2.57. The van der Waals surface area contributed by atoms with E-state index in [2.05, 4.69) is 6.78 Å². The van der Waals surface area contributed by atoms with Crippen LogP contribution < -0.4 is 0 Å². The van der Waals surface area contributed by atoms with Crippen molar-refractivity contribution in [2.24, 2.45) is 0 Å². The molecule has 0 fully saturated rings. The topological polar surface area (TPSA) is 52.6 Å². The van der Waals surface area contributed by atoms with Gasteiger partial charge in [0, 0.05) is 0 Å². The molecule has 0 spiro atoms. The fourth-order valence-electron chi connectivity index (χ4n) is 0.0680. The Labute approximate surface area is 45.1 Å². The third-order valence-electron chi connectivity index (χ3n) is 0.408. The van der Waals surface area contributed by atoms with Crippen molar-refractivity contribution in [1.82, 2.24) is 0 Å². The molecule has 44 valence electrons. The molecule has 0 aromatic carbocycles. The average molecular weight is 190 g/mol. The van der Waals surface area contributed by atoms with Crippen LogP contribution in [0.5, 0.6) is 0 Å². The third-order valence-corrected chi connectivity index (χ3v) is 2.42. The van der Waals surface area contributed by atoms with Gasteiger partial charge in [0.05, 0.1) is 0 Å². The predicted molar refractivity (Wildman–Crippen MR) is 15.4 cm³/mol. The van der Waals surface area contributed by atoms with Crippen molar-refractivity contribution in [2.45, 2.75) is 0 Å². The molecule has 0 saturated heterocycles.